The van der Waals surface area contributed by atoms with E-state index in [4.69, 9.17) is 4.74 Å². The number of rotatable bonds is 9. The van der Waals surface area contributed by atoms with Crippen molar-refractivity contribution in [3.8, 4) is 0 Å². The molecule has 0 aliphatic rings. The van der Waals surface area contributed by atoms with E-state index in [9.17, 15) is 10.1 Å². The molecule has 0 spiro atoms. The molecule has 1 aromatic rings. The Morgan fingerprint density at radius 2 is 2.05 bits per heavy atom. The van der Waals surface area contributed by atoms with Gasteiger partial charge in [0.05, 0.1) is 4.92 Å². The van der Waals surface area contributed by atoms with Crippen LogP contribution in [0.5, 0.6) is 0 Å². The lowest BCUT2D eigenvalue weighted by molar-refractivity contribution is -0.384. The number of nitrogens with zero attached hydrogens (tertiary/aromatic N) is 1. The number of nitro groups is 1. The van der Waals surface area contributed by atoms with Crippen LogP contribution in [0.2, 0.25) is 0 Å². The normalized spacial score (nSPS) is 12.3. The van der Waals surface area contributed by atoms with Crippen molar-refractivity contribution < 1.29 is 9.66 Å². The molecule has 0 aliphatic carbocycles. The summed E-state index contributed by atoms with van der Waals surface area (Å²) < 4.78 is 5.11. The average molecular weight is 266 g/mol. The number of nitro benzene ring substituents is 1. The standard InChI is InChI=1S/C14H22N2O3/c1-3-9-15-13(8-10-19-2)11-12-4-6-14(7-5-12)16(17)18/h4-7,13,15H,3,8-11H2,1-2H3. The number of hydrogen-bond donors (Lipinski definition) is 1. The highest BCUT2D eigenvalue weighted by molar-refractivity contribution is 5.33. The summed E-state index contributed by atoms with van der Waals surface area (Å²) in [6.07, 6.45) is 2.89. The van der Waals surface area contributed by atoms with Crippen molar-refractivity contribution >= 4 is 5.69 Å². The molecule has 1 rings (SSSR count). The zero-order valence-electron chi connectivity index (χ0n) is 11.6. The molecule has 1 N–H and O–H groups in total. The maximum atomic E-state index is 10.6. The lowest BCUT2D eigenvalue weighted by Gasteiger charge is -2.18. The fourth-order valence-electron chi connectivity index (χ4n) is 1.92. The van der Waals surface area contributed by atoms with Gasteiger partial charge in [0.2, 0.25) is 0 Å². The van der Waals surface area contributed by atoms with Crippen molar-refractivity contribution in [1.29, 1.82) is 0 Å². The summed E-state index contributed by atoms with van der Waals surface area (Å²) in [7, 11) is 1.70. The highest BCUT2D eigenvalue weighted by Crippen LogP contribution is 2.14. The molecule has 0 amide bonds. The van der Waals surface area contributed by atoms with Crippen LogP contribution in [0.1, 0.15) is 25.3 Å². The van der Waals surface area contributed by atoms with Gasteiger partial charge in [-0.05, 0) is 31.4 Å². The number of hydrogen-bond acceptors (Lipinski definition) is 4. The SMILES string of the molecule is CCCNC(CCOC)Cc1ccc([N+](=O)[O-])cc1. The van der Waals surface area contributed by atoms with Gasteiger partial charge in [-0.2, -0.15) is 0 Å². The molecular weight excluding hydrogens is 244 g/mol. The molecular formula is C14H22N2O3. The summed E-state index contributed by atoms with van der Waals surface area (Å²) in [4.78, 5) is 10.2. The molecule has 0 aromatic heterocycles. The molecule has 1 unspecified atom stereocenters. The van der Waals surface area contributed by atoms with E-state index in [1.807, 2.05) is 12.1 Å². The Morgan fingerprint density at radius 1 is 1.37 bits per heavy atom. The third kappa shape index (κ3) is 5.81. The van der Waals surface area contributed by atoms with Crippen molar-refractivity contribution in [2.75, 3.05) is 20.3 Å². The summed E-state index contributed by atoms with van der Waals surface area (Å²) >= 11 is 0. The van der Waals surface area contributed by atoms with Crippen LogP contribution in [0, 0.1) is 10.1 Å². The Morgan fingerprint density at radius 3 is 2.58 bits per heavy atom. The Kier molecular flexibility index (Phi) is 7.07. The summed E-state index contributed by atoms with van der Waals surface area (Å²) in [5.74, 6) is 0. The molecule has 0 radical (unpaired) electrons. The second kappa shape index (κ2) is 8.61. The van der Waals surface area contributed by atoms with Gasteiger partial charge >= 0.3 is 0 Å². The Labute approximate surface area is 114 Å². The maximum Gasteiger partial charge on any atom is 0.269 e. The first kappa shape index (κ1) is 15.6. The van der Waals surface area contributed by atoms with E-state index in [1.165, 1.54) is 0 Å². The van der Waals surface area contributed by atoms with E-state index < -0.39 is 0 Å². The van der Waals surface area contributed by atoms with Crippen LogP contribution in [-0.2, 0) is 11.2 Å². The smallest absolute Gasteiger partial charge is 0.269 e. The molecule has 0 saturated heterocycles. The quantitative estimate of drug-likeness (QED) is 0.551. The van der Waals surface area contributed by atoms with Gasteiger partial charge in [-0.1, -0.05) is 19.1 Å². The predicted molar refractivity (Wildman–Crippen MR) is 75.4 cm³/mol. The molecule has 106 valence electrons. The molecule has 0 bridgehead atoms. The van der Waals surface area contributed by atoms with E-state index in [-0.39, 0.29) is 10.6 Å². The predicted octanol–water partition coefficient (Wildman–Crippen LogP) is 2.54. The van der Waals surface area contributed by atoms with Crippen molar-refractivity contribution in [3.05, 3.63) is 39.9 Å². The second-order valence-electron chi connectivity index (χ2n) is 4.56. The average Bonchev–Trinajstić information content (AvgIpc) is 2.42. The molecule has 5 heteroatoms. The molecule has 5 nitrogen and oxygen atoms in total. The van der Waals surface area contributed by atoms with E-state index >= 15 is 0 Å². The van der Waals surface area contributed by atoms with Gasteiger partial charge in [-0.25, -0.2) is 0 Å². The van der Waals surface area contributed by atoms with Crippen molar-refractivity contribution in [1.82, 2.24) is 5.32 Å². The zero-order valence-corrected chi connectivity index (χ0v) is 11.6. The third-order valence-corrected chi connectivity index (χ3v) is 2.98. The molecule has 0 aliphatic heterocycles. The van der Waals surface area contributed by atoms with E-state index in [2.05, 4.69) is 12.2 Å². The number of methoxy groups -OCH3 is 1. The van der Waals surface area contributed by atoms with E-state index in [1.54, 1.807) is 19.2 Å². The number of nitrogens with one attached hydrogen (secondary N) is 1. The fraction of sp³-hybridized carbons (Fsp3) is 0.571. The highest BCUT2D eigenvalue weighted by Gasteiger charge is 2.10. The summed E-state index contributed by atoms with van der Waals surface area (Å²) in [5.41, 5.74) is 1.24. The topological polar surface area (TPSA) is 64.4 Å². The second-order valence-corrected chi connectivity index (χ2v) is 4.56. The van der Waals surface area contributed by atoms with Crippen LogP contribution >= 0.6 is 0 Å². The first-order valence-corrected chi connectivity index (χ1v) is 6.63. The molecule has 1 atom stereocenters. The molecule has 19 heavy (non-hydrogen) atoms. The molecule has 1 aromatic carbocycles. The van der Waals surface area contributed by atoms with Crippen LogP contribution in [0.4, 0.5) is 5.69 Å². The minimum atomic E-state index is -0.373. The van der Waals surface area contributed by atoms with Gasteiger partial charge in [-0.3, -0.25) is 10.1 Å². The van der Waals surface area contributed by atoms with Crippen molar-refractivity contribution in [3.63, 3.8) is 0 Å². The largest absolute Gasteiger partial charge is 0.385 e. The van der Waals surface area contributed by atoms with Gasteiger partial charge in [-0.15, -0.1) is 0 Å². The van der Waals surface area contributed by atoms with Crippen molar-refractivity contribution in [2.24, 2.45) is 0 Å². The number of ether oxygens (including phenoxy) is 1. The lowest BCUT2D eigenvalue weighted by Crippen LogP contribution is -2.32. The zero-order chi connectivity index (χ0) is 14.1. The molecule has 0 saturated carbocycles. The Balaban J connectivity index is 2.58. The van der Waals surface area contributed by atoms with Crippen LogP contribution in [0.15, 0.2) is 24.3 Å². The first-order chi connectivity index (χ1) is 9.17. The van der Waals surface area contributed by atoms with E-state index in [0.717, 1.165) is 31.4 Å². The van der Waals surface area contributed by atoms with Crippen LogP contribution < -0.4 is 5.32 Å². The first-order valence-electron chi connectivity index (χ1n) is 6.63. The van der Waals surface area contributed by atoms with Gasteiger partial charge in [0.25, 0.3) is 5.69 Å². The Bertz CT molecular complexity index is 371. The van der Waals surface area contributed by atoms with Gasteiger partial charge in [0, 0.05) is 31.9 Å². The Hall–Kier alpha value is -1.46. The highest BCUT2D eigenvalue weighted by atomic mass is 16.6. The molecule has 0 fully saturated rings. The summed E-state index contributed by atoms with van der Waals surface area (Å²) in [5, 5.41) is 14.1. The minimum Gasteiger partial charge on any atom is -0.385 e. The summed E-state index contributed by atoms with van der Waals surface area (Å²) in [6, 6.07) is 7.11. The van der Waals surface area contributed by atoms with Crippen LogP contribution in [0.25, 0.3) is 0 Å². The monoisotopic (exact) mass is 266 g/mol. The van der Waals surface area contributed by atoms with Gasteiger partial charge < -0.3 is 10.1 Å². The van der Waals surface area contributed by atoms with E-state index in [0.29, 0.717) is 12.6 Å². The maximum absolute atomic E-state index is 10.6. The van der Waals surface area contributed by atoms with Crippen molar-refractivity contribution in [2.45, 2.75) is 32.2 Å². The number of benzene rings is 1. The minimum absolute atomic E-state index is 0.138. The fourth-order valence-corrected chi connectivity index (χ4v) is 1.92. The molecule has 0 heterocycles. The van der Waals surface area contributed by atoms with Crippen LogP contribution in [-0.4, -0.2) is 31.2 Å². The van der Waals surface area contributed by atoms with Crippen LogP contribution in [0.3, 0.4) is 0 Å². The number of non-ortho nitro benzene ring substituents is 1. The van der Waals surface area contributed by atoms with Gasteiger partial charge in [0.15, 0.2) is 0 Å². The van der Waals surface area contributed by atoms with Gasteiger partial charge in [0.1, 0.15) is 0 Å². The summed E-state index contributed by atoms with van der Waals surface area (Å²) in [6.45, 7) is 3.82. The lowest BCUT2D eigenvalue weighted by atomic mass is 10.0. The third-order valence-electron chi connectivity index (χ3n) is 2.98.